The molecule has 0 saturated heterocycles. The van der Waals surface area contributed by atoms with Gasteiger partial charge in [0.15, 0.2) is 0 Å². The minimum atomic E-state index is 0.440. The molecule has 1 atom stereocenters. The molecule has 1 rings (SSSR count). The van der Waals surface area contributed by atoms with E-state index in [1.165, 1.54) is 11.3 Å². The lowest BCUT2D eigenvalue weighted by atomic mass is 9.89. The van der Waals surface area contributed by atoms with Gasteiger partial charge in [0, 0.05) is 18.5 Å². The van der Waals surface area contributed by atoms with E-state index >= 15 is 0 Å². The highest BCUT2D eigenvalue weighted by Gasteiger charge is 2.22. The molecule has 0 radical (unpaired) electrons. The van der Waals surface area contributed by atoms with E-state index in [-0.39, 0.29) is 0 Å². The number of aryl methyl sites for hydroxylation is 1. The number of rotatable bonds is 3. The molecule has 0 aliphatic heterocycles. The Morgan fingerprint density at radius 3 is 2.07 bits per heavy atom. The van der Waals surface area contributed by atoms with Gasteiger partial charge in [-0.3, -0.25) is 4.68 Å². The second kappa shape index (κ2) is 4.25. The summed E-state index contributed by atoms with van der Waals surface area (Å²) in [4.78, 5) is 0. The molecule has 0 aliphatic rings. The molecule has 15 heavy (non-hydrogen) atoms. The average molecular weight is 209 g/mol. The highest BCUT2D eigenvalue weighted by Crippen LogP contribution is 2.33. The van der Waals surface area contributed by atoms with E-state index in [4.69, 9.17) is 5.73 Å². The van der Waals surface area contributed by atoms with Crippen LogP contribution in [0.1, 0.15) is 57.7 Å². The summed E-state index contributed by atoms with van der Waals surface area (Å²) in [6.07, 6.45) is 0. The maximum absolute atomic E-state index is 6.04. The van der Waals surface area contributed by atoms with E-state index < -0.39 is 0 Å². The Labute approximate surface area is 92.7 Å². The van der Waals surface area contributed by atoms with Gasteiger partial charge in [0.1, 0.15) is 5.82 Å². The summed E-state index contributed by atoms with van der Waals surface area (Å²) in [6, 6.07) is 0. The smallest absolute Gasteiger partial charge is 0.125 e. The van der Waals surface area contributed by atoms with E-state index in [9.17, 15) is 0 Å². The van der Waals surface area contributed by atoms with Gasteiger partial charge < -0.3 is 5.73 Å². The third-order valence-corrected chi connectivity index (χ3v) is 3.17. The third-order valence-electron chi connectivity index (χ3n) is 3.17. The van der Waals surface area contributed by atoms with Crippen LogP contribution < -0.4 is 5.73 Å². The highest BCUT2D eigenvalue weighted by molar-refractivity contribution is 5.46. The molecule has 0 aromatic carbocycles. The first-order valence-corrected chi connectivity index (χ1v) is 5.68. The molecule has 0 aliphatic carbocycles. The van der Waals surface area contributed by atoms with Crippen molar-refractivity contribution < 1.29 is 0 Å². The molecular weight excluding hydrogens is 186 g/mol. The van der Waals surface area contributed by atoms with Crippen molar-refractivity contribution in [1.82, 2.24) is 9.78 Å². The molecular formula is C12H23N3. The lowest BCUT2D eigenvalue weighted by Crippen LogP contribution is -2.07. The van der Waals surface area contributed by atoms with Gasteiger partial charge >= 0.3 is 0 Å². The van der Waals surface area contributed by atoms with Crippen LogP contribution in [-0.2, 0) is 7.05 Å². The third kappa shape index (κ3) is 2.16. The zero-order valence-electron chi connectivity index (χ0n) is 10.7. The Bertz CT molecular complexity index is 337. The van der Waals surface area contributed by atoms with Crippen molar-refractivity contribution in [2.24, 2.45) is 13.0 Å². The number of nitrogens with two attached hydrogens (primary N) is 1. The molecule has 0 spiro atoms. The van der Waals surface area contributed by atoms with Crippen LogP contribution in [0, 0.1) is 5.92 Å². The van der Waals surface area contributed by atoms with Gasteiger partial charge in [0.05, 0.1) is 5.69 Å². The minimum absolute atomic E-state index is 0.440. The number of hydrogen-bond acceptors (Lipinski definition) is 2. The van der Waals surface area contributed by atoms with Crippen molar-refractivity contribution in [3.63, 3.8) is 0 Å². The molecule has 86 valence electrons. The Balaban J connectivity index is 3.23. The van der Waals surface area contributed by atoms with Crippen LogP contribution in [0.4, 0.5) is 5.82 Å². The summed E-state index contributed by atoms with van der Waals surface area (Å²) in [5.41, 5.74) is 8.43. The van der Waals surface area contributed by atoms with Gasteiger partial charge in [-0.05, 0) is 11.8 Å². The van der Waals surface area contributed by atoms with Crippen molar-refractivity contribution in [3.05, 3.63) is 11.3 Å². The summed E-state index contributed by atoms with van der Waals surface area (Å²) in [6.45, 7) is 11.0. The van der Waals surface area contributed by atoms with Crippen LogP contribution in [-0.4, -0.2) is 9.78 Å². The lowest BCUT2D eigenvalue weighted by Gasteiger charge is -2.16. The van der Waals surface area contributed by atoms with Crippen LogP contribution in [0.3, 0.4) is 0 Å². The highest BCUT2D eigenvalue weighted by atomic mass is 15.3. The maximum Gasteiger partial charge on any atom is 0.125 e. The van der Waals surface area contributed by atoms with Crippen LogP contribution in [0.15, 0.2) is 0 Å². The number of nitrogens with zero attached hydrogens (tertiary/aromatic N) is 2. The molecule has 1 unspecified atom stereocenters. The molecule has 3 heteroatoms. The van der Waals surface area contributed by atoms with E-state index in [0.717, 1.165) is 5.82 Å². The predicted octanol–water partition coefficient (Wildman–Crippen LogP) is 2.89. The van der Waals surface area contributed by atoms with E-state index in [1.54, 1.807) is 4.68 Å². The fourth-order valence-corrected chi connectivity index (χ4v) is 1.82. The number of nitrogen functional groups attached to an aromatic ring is 1. The molecule has 0 fully saturated rings. The number of anilines is 1. The molecule has 1 aromatic rings. The van der Waals surface area contributed by atoms with Gasteiger partial charge in [-0.25, -0.2) is 0 Å². The summed E-state index contributed by atoms with van der Waals surface area (Å²) >= 11 is 0. The maximum atomic E-state index is 6.04. The molecule has 3 nitrogen and oxygen atoms in total. The summed E-state index contributed by atoms with van der Waals surface area (Å²) in [5, 5.41) is 4.54. The van der Waals surface area contributed by atoms with Crippen molar-refractivity contribution in [1.29, 1.82) is 0 Å². The van der Waals surface area contributed by atoms with Gasteiger partial charge in [0.2, 0.25) is 0 Å². The molecule has 0 bridgehead atoms. The van der Waals surface area contributed by atoms with Gasteiger partial charge in [-0.2, -0.15) is 5.10 Å². The first-order chi connectivity index (χ1) is 6.86. The van der Waals surface area contributed by atoms with Crippen LogP contribution >= 0.6 is 0 Å². The summed E-state index contributed by atoms with van der Waals surface area (Å²) in [5.74, 6) is 2.31. The quantitative estimate of drug-likeness (QED) is 0.832. The Morgan fingerprint density at radius 1 is 1.13 bits per heavy atom. The van der Waals surface area contributed by atoms with Gasteiger partial charge in [-0.1, -0.05) is 34.6 Å². The number of aromatic nitrogens is 2. The van der Waals surface area contributed by atoms with Crippen LogP contribution in [0.2, 0.25) is 0 Å². The molecule has 0 saturated carbocycles. The SMILES string of the molecule is CC(C)c1c(C(C)C(C)C)nn(C)c1N. The van der Waals surface area contributed by atoms with Crippen LogP contribution in [0.5, 0.6) is 0 Å². The second-order valence-electron chi connectivity index (χ2n) is 5.00. The Hall–Kier alpha value is -0.990. The van der Waals surface area contributed by atoms with Gasteiger partial charge in [-0.15, -0.1) is 0 Å². The topological polar surface area (TPSA) is 43.8 Å². The lowest BCUT2D eigenvalue weighted by molar-refractivity contribution is 0.511. The molecule has 2 N–H and O–H groups in total. The van der Waals surface area contributed by atoms with Crippen molar-refractivity contribution in [2.75, 3.05) is 5.73 Å². The Kier molecular flexibility index (Phi) is 3.42. The zero-order chi connectivity index (χ0) is 11.7. The standard InChI is InChI=1S/C12H23N3/c1-7(2)9(5)11-10(8(3)4)12(13)15(6)14-11/h7-9H,13H2,1-6H3. The normalized spacial score (nSPS) is 13.9. The predicted molar refractivity (Wildman–Crippen MR) is 65.0 cm³/mol. The average Bonchev–Trinajstić information content (AvgIpc) is 2.41. The van der Waals surface area contributed by atoms with Crippen molar-refractivity contribution in [2.45, 2.75) is 46.5 Å². The second-order valence-corrected chi connectivity index (χ2v) is 5.00. The Morgan fingerprint density at radius 2 is 1.67 bits per heavy atom. The monoisotopic (exact) mass is 209 g/mol. The fourth-order valence-electron chi connectivity index (χ4n) is 1.82. The van der Waals surface area contributed by atoms with E-state index in [0.29, 0.717) is 17.8 Å². The molecule has 1 heterocycles. The summed E-state index contributed by atoms with van der Waals surface area (Å²) in [7, 11) is 1.91. The van der Waals surface area contributed by atoms with Crippen LogP contribution in [0.25, 0.3) is 0 Å². The summed E-state index contributed by atoms with van der Waals surface area (Å²) < 4.78 is 1.80. The zero-order valence-corrected chi connectivity index (χ0v) is 10.7. The first kappa shape index (κ1) is 12.1. The molecule has 1 aromatic heterocycles. The largest absolute Gasteiger partial charge is 0.384 e. The van der Waals surface area contributed by atoms with Crippen molar-refractivity contribution in [3.8, 4) is 0 Å². The molecule has 0 amide bonds. The van der Waals surface area contributed by atoms with E-state index in [2.05, 4.69) is 39.7 Å². The van der Waals surface area contributed by atoms with E-state index in [1.807, 2.05) is 7.05 Å². The number of hydrogen-bond donors (Lipinski definition) is 1. The first-order valence-electron chi connectivity index (χ1n) is 5.68. The minimum Gasteiger partial charge on any atom is -0.384 e. The fraction of sp³-hybridized carbons (Fsp3) is 0.750. The van der Waals surface area contributed by atoms with Gasteiger partial charge in [0.25, 0.3) is 0 Å². The van der Waals surface area contributed by atoms with Crippen molar-refractivity contribution >= 4 is 5.82 Å².